The zero-order chi connectivity index (χ0) is 27.8. The van der Waals surface area contributed by atoms with E-state index in [1.807, 2.05) is 48.5 Å². The Balaban J connectivity index is 1.51. The molecule has 2 aliphatic heterocycles. The fourth-order valence-corrected chi connectivity index (χ4v) is 5.85. The SMILES string of the molecule is COc1ccc(/C(C(=O)/C(=C2\CC3CCC(=O)C=C3O2)c2ccc(OC)cc2)=C2/CC3CCC(=O)C=C3O2)cc1. The van der Waals surface area contributed by atoms with Gasteiger partial charge in [0.05, 0.1) is 25.4 Å². The van der Waals surface area contributed by atoms with Gasteiger partial charge in [-0.3, -0.25) is 14.4 Å². The van der Waals surface area contributed by atoms with E-state index in [9.17, 15) is 14.4 Å². The second-order valence-electron chi connectivity index (χ2n) is 10.5. The van der Waals surface area contributed by atoms with Gasteiger partial charge in [-0.2, -0.15) is 0 Å². The lowest BCUT2D eigenvalue weighted by molar-refractivity contribution is -0.116. The Morgan fingerprint density at radius 1 is 0.675 bits per heavy atom. The van der Waals surface area contributed by atoms with E-state index in [1.165, 1.54) is 0 Å². The molecule has 2 unspecified atom stereocenters. The van der Waals surface area contributed by atoms with Gasteiger partial charge in [0.25, 0.3) is 0 Å². The number of hydrogen-bond acceptors (Lipinski definition) is 7. The third-order valence-electron chi connectivity index (χ3n) is 8.00. The number of ketones is 3. The molecule has 0 radical (unpaired) electrons. The highest BCUT2D eigenvalue weighted by Gasteiger charge is 2.38. The molecule has 0 spiro atoms. The van der Waals surface area contributed by atoms with Gasteiger partial charge in [0.1, 0.15) is 34.5 Å². The fourth-order valence-electron chi connectivity index (χ4n) is 5.85. The minimum absolute atomic E-state index is 0.0376. The molecule has 2 heterocycles. The normalized spacial score (nSPS) is 24.1. The zero-order valence-corrected chi connectivity index (χ0v) is 22.5. The lowest BCUT2D eigenvalue weighted by Crippen LogP contribution is -2.11. The van der Waals surface area contributed by atoms with Gasteiger partial charge in [0.15, 0.2) is 11.6 Å². The van der Waals surface area contributed by atoms with Gasteiger partial charge in [0, 0.05) is 49.7 Å². The number of fused-ring (bicyclic) bond motifs is 2. The number of carbonyl (C=O) groups excluding carboxylic acids is 3. The molecule has 2 saturated heterocycles. The summed E-state index contributed by atoms with van der Waals surface area (Å²) in [6.45, 7) is 0. The lowest BCUT2D eigenvalue weighted by Gasteiger charge is -2.16. The van der Waals surface area contributed by atoms with Crippen molar-refractivity contribution in [3.63, 3.8) is 0 Å². The molecule has 7 heteroatoms. The Kier molecular flexibility index (Phi) is 6.88. The molecule has 0 saturated carbocycles. The summed E-state index contributed by atoms with van der Waals surface area (Å²) in [6, 6.07) is 14.6. The van der Waals surface area contributed by atoms with Crippen LogP contribution in [0.1, 0.15) is 49.7 Å². The smallest absolute Gasteiger partial charge is 0.201 e. The van der Waals surface area contributed by atoms with Gasteiger partial charge in [-0.25, -0.2) is 0 Å². The Bertz CT molecular complexity index is 1390. The summed E-state index contributed by atoms with van der Waals surface area (Å²) in [4.78, 5) is 39.0. The van der Waals surface area contributed by atoms with E-state index in [0.717, 1.165) is 0 Å². The number of carbonyl (C=O) groups is 3. The van der Waals surface area contributed by atoms with Gasteiger partial charge in [0.2, 0.25) is 5.78 Å². The summed E-state index contributed by atoms with van der Waals surface area (Å²) in [6.07, 6.45) is 6.51. The largest absolute Gasteiger partial charge is 0.497 e. The molecule has 0 bridgehead atoms. The summed E-state index contributed by atoms with van der Waals surface area (Å²) >= 11 is 0. The molecule has 2 aliphatic carbocycles. The molecule has 0 aromatic heterocycles. The number of benzene rings is 2. The van der Waals surface area contributed by atoms with Gasteiger partial charge in [-0.05, 0) is 48.2 Å². The fraction of sp³-hybridized carbons (Fsp3) is 0.303. The number of allylic oxidation sites excluding steroid dienone is 8. The zero-order valence-electron chi connectivity index (χ0n) is 22.5. The predicted molar refractivity (Wildman–Crippen MR) is 148 cm³/mol. The van der Waals surface area contributed by atoms with Crippen LogP contribution in [-0.4, -0.2) is 31.6 Å². The average Bonchev–Trinajstić information content (AvgIpc) is 3.57. The van der Waals surface area contributed by atoms with Crippen molar-refractivity contribution in [2.75, 3.05) is 14.2 Å². The first-order valence-corrected chi connectivity index (χ1v) is 13.6. The molecule has 6 rings (SSSR count). The maximum Gasteiger partial charge on any atom is 0.201 e. The summed E-state index contributed by atoms with van der Waals surface area (Å²) in [5.74, 6) is 3.62. The topological polar surface area (TPSA) is 88.1 Å². The van der Waals surface area contributed by atoms with E-state index >= 15 is 0 Å². The highest BCUT2D eigenvalue weighted by atomic mass is 16.5. The lowest BCUT2D eigenvalue weighted by atomic mass is 9.86. The van der Waals surface area contributed by atoms with E-state index in [0.29, 0.717) is 95.3 Å². The molecule has 204 valence electrons. The van der Waals surface area contributed by atoms with Crippen LogP contribution >= 0.6 is 0 Å². The average molecular weight is 539 g/mol. The van der Waals surface area contributed by atoms with E-state index in [1.54, 1.807) is 26.4 Å². The molecule has 0 N–H and O–H groups in total. The van der Waals surface area contributed by atoms with Crippen molar-refractivity contribution in [2.45, 2.75) is 38.5 Å². The van der Waals surface area contributed by atoms with Crippen molar-refractivity contribution in [1.82, 2.24) is 0 Å². The van der Waals surface area contributed by atoms with E-state index in [-0.39, 0.29) is 29.2 Å². The summed E-state index contributed by atoms with van der Waals surface area (Å²) in [5.41, 5.74) is 2.21. The van der Waals surface area contributed by atoms with E-state index < -0.39 is 0 Å². The van der Waals surface area contributed by atoms with E-state index in [4.69, 9.17) is 18.9 Å². The van der Waals surface area contributed by atoms with Crippen LogP contribution in [0.25, 0.3) is 11.1 Å². The molecule has 7 nitrogen and oxygen atoms in total. The van der Waals surface area contributed by atoms with Gasteiger partial charge in [-0.1, -0.05) is 24.3 Å². The van der Waals surface area contributed by atoms with Crippen LogP contribution in [0.4, 0.5) is 0 Å². The molecule has 2 aromatic carbocycles. The van der Waals surface area contributed by atoms with Crippen molar-refractivity contribution in [2.24, 2.45) is 11.8 Å². The molecule has 40 heavy (non-hydrogen) atoms. The van der Waals surface area contributed by atoms with Crippen molar-refractivity contribution in [3.8, 4) is 11.5 Å². The second-order valence-corrected chi connectivity index (χ2v) is 10.5. The van der Waals surface area contributed by atoms with Crippen LogP contribution in [0.15, 0.2) is 83.7 Å². The highest BCUT2D eigenvalue weighted by molar-refractivity contribution is 6.43. The van der Waals surface area contributed by atoms with Crippen LogP contribution in [0, 0.1) is 11.8 Å². The number of methoxy groups -OCH3 is 2. The quantitative estimate of drug-likeness (QED) is 0.419. The van der Waals surface area contributed by atoms with Gasteiger partial charge in [-0.15, -0.1) is 0 Å². The Labute approximate surface area is 232 Å². The molecule has 2 fully saturated rings. The number of hydrogen-bond donors (Lipinski definition) is 0. The first-order valence-electron chi connectivity index (χ1n) is 13.6. The molecule has 0 amide bonds. The third-order valence-corrected chi connectivity index (χ3v) is 8.00. The Hall–Kier alpha value is -4.39. The molecule has 4 aliphatic rings. The molecule has 2 aromatic rings. The molecule has 2 atom stereocenters. The predicted octanol–water partition coefficient (Wildman–Crippen LogP) is 5.96. The van der Waals surface area contributed by atoms with Crippen LogP contribution in [0.3, 0.4) is 0 Å². The minimum Gasteiger partial charge on any atom is -0.497 e. The number of Topliss-reactive ketones (excluding diaryl/α,β-unsaturated/α-hetero) is 1. The van der Waals surface area contributed by atoms with Crippen molar-refractivity contribution >= 4 is 28.5 Å². The minimum atomic E-state index is -0.239. The standard InChI is InChI=1S/C33H30O7/c1-37-25-11-5-19(6-12-25)31(29-15-21-3-9-23(34)17-27(21)39-29)33(36)32(20-7-13-26(38-2)14-8-20)30-16-22-4-10-24(35)18-28(22)40-30/h5-8,11-14,17-18,21-22H,3-4,9-10,15-16H2,1-2H3/b31-29+,32-30+. The summed E-state index contributed by atoms with van der Waals surface area (Å²) in [5, 5.41) is 0. The number of rotatable bonds is 6. The highest BCUT2D eigenvalue weighted by Crippen LogP contribution is 2.46. The van der Waals surface area contributed by atoms with E-state index in [2.05, 4.69) is 0 Å². The second kappa shape index (κ2) is 10.6. The van der Waals surface area contributed by atoms with Crippen LogP contribution < -0.4 is 9.47 Å². The first kappa shape index (κ1) is 25.9. The summed E-state index contributed by atoms with van der Waals surface area (Å²) in [7, 11) is 3.19. The molecular formula is C33H30O7. The van der Waals surface area contributed by atoms with Crippen molar-refractivity contribution < 1.29 is 33.3 Å². The monoisotopic (exact) mass is 538 g/mol. The van der Waals surface area contributed by atoms with Crippen molar-refractivity contribution in [3.05, 3.63) is 94.8 Å². The Morgan fingerprint density at radius 2 is 1.07 bits per heavy atom. The maximum absolute atomic E-state index is 14.8. The summed E-state index contributed by atoms with van der Waals surface area (Å²) < 4.78 is 23.2. The Morgan fingerprint density at radius 3 is 1.45 bits per heavy atom. The third kappa shape index (κ3) is 4.88. The van der Waals surface area contributed by atoms with Crippen LogP contribution in [0.5, 0.6) is 11.5 Å². The number of ether oxygens (including phenoxy) is 4. The van der Waals surface area contributed by atoms with Gasteiger partial charge < -0.3 is 18.9 Å². The maximum atomic E-state index is 14.8. The van der Waals surface area contributed by atoms with Gasteiger partial charge >= 0.3 is 0 Å². The molecular weight excluding hydrogens is 508 g/mol. The first-order chi connectivity index (χ1) is 19.4. The van der Waals surface area contributed by atoms with Crippen LogP contribution in [0.2, 0.25) is 0 Å². The van der Waals surface area contributed by atoms with Crippen LogP contribution in [-0.2, 0) is 23.9 Å². The van der Waals surface area contributed by atoms with Crippen molar-refractivity contribution in [1.29, 1.82) is 0 Å².